The Hall–Kier alpha value is -0.968. The third-order valence-corrected chi connectivity index (χ3v) is 3.92. The Kier molecular flexibility index (Phi) is 1.44. The standard InChI is InChI=1S/C11H9O.Al/c1-8-5-6-9-3-2-4-11(12)10(9)7-8;/h2-6,12H,1H3;/q;+1/p-1. The lowest BCUT2D eigenvalue weighted by molar-refractivity contribution is 0.621. The third kappa shape index (κ3) is 0.935. The van der Waals surface area contributed by atoms with Gasteiger partial charge >= 0.3 is 15.6 Å². The van der Waals surface area contributed by atoms with Crippen molar-refractivity contribution in [3.05, 3.63) is 35.9 Å². The smallest absolute Gasteiger partial charge is 0.571 e. The molecule has 0 bridgehead atoms. The van der Waals surface area contributed by atoms with E-state index >= 15 is 0 Å². The van der Waals surface area contributed by atoms with E-state index in [1.54, 1.807) is 0 Å². The molecule has 0 saturated carbocycles. The first-order chi connectivity index (χ1) is 6.36. The predicted molar refractivity (Wildman–Crippen MR) is 54.7 cm³/mol. The van der Waals surface area contributed by atoms with E-state index in [0.29, 0.717) is 0 Å². The van der Waals surface area contributed by atoms with Crippen molar-refractivity contribution in [1.82, 2.24) is 0 Å². The molecular formula is C11H8AlO. The molecule has 0 spiro atoms. The van der Waals surface area contributed by atoms with Gasteiger partial charge in [0.1, 0.15) is 0 Å². The lowest BCUT2D eigenvalue weighted by Crippen LogP contribution is -2.16. The van der Waals surface area contributed by atoms with Crippen LogP contribution in [0.5, 0.6) is 5.75 Å². The molecule has 0 saturated heterocycles. The summed E-state index contributed by atoms with van der Waals surface area (Å²) in [4.78, 5) is 0. The Morgan fingerprint density at radius 1 is 1.15 bits per heavy atom. The molecule has 2 heteroatoms. The predicted octanol–water partition coefficient (Wildman–Crippen LogP) is 1.79. The Labute approximate surface area is 83.4 Å². The Bertz CT molecular complexity index is 491. The number of benzene rings is 2. The van der Waals surface area contributed by atoms with E-state index < -0.39 is 0 Å². The molecule has 1 aliphatic rings. The van der Waals surface area contributed by atoms with Gasteiger partial charge in [-0.05, 0) is 18.4 Å². The summed E-state index contributed by atoms with van der Waals surface area (Å²) in [5.41, 5.74) is 1.37. The number of rotatable bonds is 0. The Balaban J connectivity index is 2.56. The molecule has 3 rings (SSSR count). The summed E-state index contributed by atoms with van der Waals surface area (Å²) in [6, 6.07) is 10.6. The highest BCUT2D eigenvalue weighted by Gasteiger charge is 2.19. The summed E-state index contributed by atoms with van der Waals surface area (Å²) < 4.78 is 7.12. The zero-order valence-corrected chi connectivity index (χ0v) is 8.53. The first kappa shape index (κ1) is 7.44. The van der Waals surface area contributed by atoms with E-state index in [2.05, 4.69) is 37.3 Å². The van der Waals surface area contributed by atoms with Gasteiger partial charge in [0, 0.05) is 5.39 Å². The number of hydrogen-bond acceptors (Lipinski definition) is 1. The molecule has 1 aliphatic heterocycles. The molecule has 2 aromatic rings. The molecule has 1 radical (unpaired) electrons. The fraction of sp³-hybridized carbons (Fsp3) is 0.0909. The summed E-state index contributed by atoms with van der Waals surface area (Å²) in [6.45, 7) is 2.16. The monoisotopic (exact) mass is 183 g/mol. The van der Waals surface area contributed by atoms with Crippen LogP contribution in [0.2, 0.25) is 0 Å². The van der Waals surface area contributed by atoms with Crippen LogP contribution in [-0.2, 0) is 0 Å². The van der Waals surface area contributed by atoms with E-state index in [-0.39, 0.29) is 15.6 Å². The topological polar surface area (TPSA) is 9.23 Å². The number of aryl methyl sites for hydroxylation is 1. The van der Waals surface area contributed by atoms with Gasteiger partial charge < -0.3 is 3.79 Å². The van der Waals surface area contributed by atoms with Crippen molar-refractivity contribution >= 4 is 30.8 Å². The lowest BCUT2D eigenvalue weighted by Gasteiger charge is -2.02. The summed E-state index contributed by atoms with van der Waals surface area (Å²) >= 11 is 0.00417. The summed E-state index contributed by atoms with van der Waals surface area (Å²) in [6.07, 6.45) is 0. The van der Waals surface area contributed by atoms with Gasteiger partial charge in [0.05, 0.1) is 5.75 Å². The fourth-order valence-corrected chi connectivity index (χ4v) is 3.00. The van der Waals surface area contributed by atoms with Crippen LogP contribution in [0.4, 0.5) is 0 Å². The molecule has 2 aromatic carbocycles. The first-order valence-electron chi connectivity index (χ1n) is 4.38. The average molecular weight is 183 g/mol. The Morgan fingerprint density at radius 2 is 2.08 bits per heavy atom. The molecule has 1 heterocycles. The minimum Gasteiger partial charge on any atom is -0.644 e. The molecule has 0 N–H and O–H groups in total. The Morgan fingerprint density at radius 3 is 3.00 bits per heavy atom. The zero-order valence-electron chi connectivity index (χ0n) is 7.37. The van der Waals surface area contributed by atoms with Crippen LogP contribution in [0.15, 0.2) is 30.3 Å². The second-order valence-electron chi connectivity index (χ2n) is 3.39. The molecule has 0 fully saturated rings. The molecular weight excluding hydrogens is 175 g/mol. The van der Waals surface area contributed by atoms with Crippen molar-refractivity contribution in [2.24, 2.45) is 0 Å². The molecule has 0 aromatic heterocycles. The van der Waals surface area contributed by atoms with Gasteiger partial charge in [-0.3, -0.25) is 0 Å². The fourth-order valence-electron chi connectivity index (χ4n) is 1.85. The van der Waals surface area contributed by atoms with Gasteiger partial charge in [0.15, 0.2) is 0 Å². The van der Waals surface area contributed by atoms with E-state index in [0.717, 1.165) is 5.75 Å². The van der Waals surface area contributed by atoms with Crippen molar-refractivity contribution in [1.29, 1.82) is 0 Å². The van der Waals surface area contributed by atoms with Crippen molar-refractivity contribution in [2.45, 2.75) is 6.92 Å². The summed E-state index contributed by atoms with van der Waals surface area (Å²) in [7, 11) is 0. The first-order valence-corrected chi connectivity index (χ1v) is 5.43. The van der Waals surface area contributed by atoms with Crippen LogP contribution >= 0.6 is 0 Å². The highest BCUT2D eigenvalue weighted by atomic mass is 27.1. The van der Waals surface area contributed by atoms with Crippen LogP contribution in [0, 0.1) is 6.92 Å². The molecule has 61 valence electrons. The minimum atomic E-state index is 0.00417. The average Bonchev–Trinajstić information content (AvgIpc) is 2.57. The van der Waals surface area contributed by atoms with E-state index in [9.17, 15) is 0 Å². The zero-order chi connectivity index (χ0) is 8.84. The maximum atomic E-state index is 5.68. The van der Waals surface area contributed by atoms with Crippen molar-refractivity contribution in [2.75, 3.05) is 0 Å². The largest absolute Gasteiger partial charge is 0.644 e. The molecule has 13 heavy (non-hydrogen) atoms. The lowest BCUT2D eigenvalue weighted by atomic mass is 10.1. The number of hydrogen-bond donors (Lipinski definition) is 0. The quantitative estimate of drug-likeness (QED) is 0.566. The van der Waals surface area contributed by atoms with Crippen LogP contribution in [0.1, 0.15) is 5.56 Å². The van der Waals surface area contributed by atoms with Gasteiger partial charge in [-0.15, -0.1) is 0 Å². The summed E-state index contributed by atoms with van der Waals surface area (Å²) in [5.74, 6) is 1.08. The van der Waals surface area contributed by atoms with Crippen molar-refractivity contribution in [3.8, 4) is 5.75 Å². The molecule has 0 aliphatic carbocycles. The van der Waals surface area contributed by atoms with Gasteiger partial charge in [0.25, 0.3) is 0 Å². The second-order valence-corrected chi connectivity index (χ2v) is 4.43. The van der Waals surface area contributed by atoms with Crippen molar-refractivity contribution < 1.29 is 3.79 Å². The van der Waals surface area contributed by atoms with E-state index in [4.69, 9.17) is 3.79 Å². The summed E-state index contributed by atoms with van der Waals surface area (Å²) in [5, 5.41) is 2.65. The van der Waals surface area contributed by atoms with Gasteiger partial charge in [-0.1, -0.05) is 34.3 Å². The molecule has 0 atom stereocenters. The van der Waals surface area contributed by atoms with E-state index in [1.165, 1.54) is 20.8 Å². The van der Waals surface area contributed by atoms with E-state index in [1.807, 2.05) is 0 Å². The molecule has 0 unspecified atom stereocenters. The van der Waals surface area contributed by atoms with Crippen LogP contribution in [0.25, 0.3) is 10.8 Å². The van der Waals surface area contributed by atoms with Gasteiger partial charge in [-0.25, -0.2) is 0 Å². The SMILES string of the molecule is Cc1ccc2cccc3c2[c]1[Al][O]3. The van der Waals surface area contributed by atoms with Gasteiger partial charge in [-0.2, -0.15) is 0 Å². The highest BCUT2D eigenvalue weighted by Crippen LogP contribution is 2.27. The second kappa shape index (κ2) is 2.51. The maximum Gasteiger partial charge on any atom is 0.571 e. The van der Waals surface area contributed by atoms with Crippen LogP contribution in [-0.4, -0.2) is 15.6 Å². The molecule has 1 nitrogen and oxygen atoms in total. The van der Waals surface area contributed by atoms with Crippen LogP contribution in [0.3, 0.4) is 0 Å². The van der Waals surface area contributed by atoms with Gasteiger partial charge in [0.2, 0.25) is 0 Å². The maximum absolute atomic E-state index is 5.68. The third-order valence-electron chi connectivity index (χ3n) is 2.57. The minimum absolute atomic E-state index is 0.00417. The highest BCUT2D eigenvalue weighted by molar-refractivity contribution is 6.56. The normalized spacial score (nSPS) is 12.7. The van der Waals surface area contributed by atoms with Crippen LogP contribution < -0.4 is 8.21 Å². The molecule has 0 amide bonds. The van der Waals surface area contributed by atoms with Crippen molar-refractivity contribution in [3.63, 3.8) is 0 Å².